The average molecular weight is 427 g/mol. The van der Waals surface area contributed by atoms with Gasteiger partial charge in [-0.15, -0.1) is 0 Å². The van der Waals surface area contributed by atoms with Gasteiger partial charge in [0.05, 0.1) is 23.4 Å². The number of aryl methyl sites for hydroxylation is 1. The van der Waals surface area contributed by atoms with E-state index in [2.05, 4.69) is 9.98 Å². The zero-order chi connectivity index (χ0) is 22.7. The van der Waals surface area contributed by atoms with Gasteiger partial charge in [-0.25, -0.2) is 14.3 Å². The molecule has 0 bridgehead atoms. The van der Waals surface area contributed by atoms with Crippen LogP contribution in [0.1, 0.15) is 28.5 Å². The van der Waals surface area contributed by atoms with Crippen LogP contribution in [0.4, 0.5) is 5.69 Å². The predicted octanol–water partition coefficient (Wildman–Crippen LogP) is 4.33. The highest BCUT2D eigenvalue weighted by Gasteiger charge is 2.17. The van der Waals surface area contributed by atoms with Gasteiger partial charge in [-0.05, 0) is 56.3 Å². The molecule has 4 rings (SSSR count). The Morgan fingerprint density at radius 1 is 1.06 bits per heavy atom. The van der Waals surface area contributed by atoms with E-state index < -0.39 is 5.97 Å². The highest BCUT2D eigenvalue weighted by molar-refractivity contribution is 6.02. The first-order valence-electron chi connectivity index (χ1n) is 10.1. The number of rotatable bonds is 5. The molecular formula is C25H21N3O4. The van der Waals surface area contributed by atoms with Gasteiger partial charge in [0, 0.05) is 22.7 Å². The fraction of sp³-hybridized carbons (Fsp3) is 0.120. The van der Waals surface area contributed by atoms with Gasteiger partial charge >= 0.3 is 5.97 Å². The number of hydrogen-bond acceptors (Lipinski definition) is 6. The summed E-state index contributed by atoms with van der Waals surface area (Å²) in [6, 6.07) is 18.9. The molecule has 0 amide bonds. The van der Waals surface area contributed by atoms with E-state index in [0.717, 1.165) is 5.69 Å². The van der Waals surface area contributed by atoms with Crippen LogP contribution in [-0.4, -0.2) is 33.4 Å². The maximum atomic E-state index is 13.1. The molecule has 0 aliphatic heterocycles. The molecule has 32 heavy (non-hydrogen) atoms. The average Bonchev–Trinajstić information content (AvgIpc) is 2.80. The zero-order valence-corrected chi connectivity index (χ0v) is 17.6. The van der Waals surface area contributed by atoms with E-state index in [1.54, 1.807) is 67.6 Å². The lowest BCUT2D eigenvalue weighted by Gasteiger charge is -2.13. The number of pyridine rings is 2. The minimum Gasteiger partial charge on any atom is -0.494 e. The molecule has 0 aliphatic rings. The van der Waals surface area contributed by atoms with Gasteiger partial charge < -0.3 is 9.84 Å². The Morgan fingerprint density at radius 3 is 2.47 bits per heavy atom. The lowest BCUT2D eigenvalue weighted by molar-refractivity contribution is 0.0526. The minimum absolute atomic E-state index is 0.251. The molecule has 0 unspecified atom stereocenters. The molecule has 2 heterocycles. The van der Waals surface area contributed by atoms with E-state index in [-0.39, 0.29) is 11.4 Å². The van der Waals surface area contributed by atoms with Gasteiger partial charge in [-0.2, -0.15) is 0 Å². The Hall–Kier alpha value is -4.26. The lowest BCUT2D eigenvalue weighted by atomic mass is 10.1. The third-order valence-corrected chi connectivity index (χ3v) is 4.93. The number of hydrogen-bond donors (Lipinski definition) is 1. The quantitative estimate of drug-likeness (QED) is 0.378. The number of benzene rings is 2. The second-order valence-electron chi connectivity index (χ2n) is 7.09. The Balaban J connectivity index is 1.82. The molecule has 0 saturated heterocycles. The van der Waals surface area contributed by atoms with Crippen molar-refractivity contribution in [2.75, 3.05) is 6.61 Å². The second kappa shape index (κ2) is 8.85. The number of carbonyl (C=O) groups excluding carboxylic acids is 1. The summed E-state index contributed by atoms with van der Waals surface area (Å²) >= 11 is 0. The van der Waals surface area contributed by atoms with E-state index in [4.69, 9.17) is 4.74 Å². The summed E-state index contributed by atoms with van der Waals surface area (Å²) in [5.74, 6) is -0.324. The molecule has 4 aromatic rings. The summed E-state index contributed by atoms with van der Waals surface area (Å²) in [6.45, 7) is 3.87. The van der Waals surface area contributed by atoms with Gasteiger partial charge in [-0.1, -0.05) is 24.3 Å². The van der Waals surface area contributed by atoms with Gasteiger partial charge in [0.15, 0.2) is 0 Å². The minimum atomic E-state index is -0.399. The number of fused-ring (bicyclic) bond motifs is 1. The van der Waals surface area contributed by atoms with Crippen LogP contribution in [0, 0.1) is 6.92 Å². The van der Waals surface area contributed by atoms with Crippen molar-refractivity contribution in [2.24, 2.45) is 4.99 Å². The Morgan fingerprint density at radius 2 is 1.78 bits per heavy atom. The molecule has 7 nitrogen and oxygen atoms in total. The molecule has 0 saturated carbocycles. The van der Waals surface area contributed by atoms with Crippen molar-refractivity contribution in [1.29, 1.82) is 0 Å². The molecule has 2 aromatic heterocycles. The van der Waals surface area contributed by atoms with Crippen LogP contribution in [0.15, 0.2) is 76.5 Å². The Bertz CT molecular complexity index is 1390. The maximum absolute atomic E-state index is 13.1. The van der Waals surface area contributed by atoms with Crippen LogP contribution in [-0.2, 0) is 4.74 Å². The molecule has 2 aromatic carbocycles. The zero-order valence-electron chi connectivity index (χ0n) is 17.6. The third kappa shape index (κ3) is 4.00. The first kappa shape index (κ1) is 21.0. The number of aliphatic imine (C=N–C) groups is 1. The molecule has 0 fully saturated rings. The normalized spacial score (nSPS) is 11.2. The van der Waals surface area contributed by atoms with Gasteiger partial charge in [0.2, 0.25) is 5.88 Å². The van der Waals surface area contributed by atoms with Gasteiger partial charge in [-0.3, -0.25) is 9.79 Å². The van der Waals surface area contributed by atoms with Crippen LogP contribution >= 0.6 is 0 Å². The molecule has 0 aliphatic carbocycles. The summed E-state index contributed by atoms with van der Waals surface area (Å²) in [7, 11) is 0. The molecule has 160 valence electrons. The van der Waals surface area contributed by atoms with Crippen molar-refractivity contribution in [3.63, 3.8) is 0 Å². The third-order valence-electron chi connectivity index (χ3n) is 4.93. The monoisotopic (exact) mass is 427 g/mol. The van der Waals surface area contributed by atoms with Crippen molar-refractivity contribution in [2.45, 2.75) is 13.8 Å². The number of ether oxygens (including phenoxy) is 1. The standard InChI is InChI=1S/C25H21N3O4/c1-3-32-25(31)17-11-13-18(14-12-17)26-15-21-19-8-4-5-9-20(19)23(29)28(24(21)30)22-10-6-7-16(2)27-22/h4-15,30H,3H2,1-2H3. The van der Waals surface area contributed by atoms with E-state index in [9.17, 15) is 14.7 Å². The topological polar surface area (TPSA) is 93.8 Å². The molecule has 1 N–H and O–H groups in total. The van der Waals surface area contributed by atoms with E-state index in [0.29, 0.717) is 40.0 Å². The number of nitrogens with zero attached hydrogens (tertiary/aromatic N) is 3. The van der Waals surface area contributed by atoms with Crippen molar-refractivity contribution < 1.29 is 14.6 Å². The summed E-state index contributed by atoms with van der Waals surface area (Å²) in [5, 5.41) is 12.0. The molecule has 7 heteroatoms. The second-order valence-corrected chi connectivity index (χ2v) is 7.09. The highest BCUT2D eigenvalue weighted by Crippen LogP contribution is 2.26. The smallest absolute Gasteiger partial charge is 0.338 e. The van der Waals surface area contributed by atoms with E-state index in [1.807, 2.05) is 13.0 Å². The molecule has 0 atom stereocenters. The number of aromatic hydroxyl groups is 1. The summed E-state index contributed by atoms with van der Waals surface area (Å²) < 4.78 is 6.17. The van der Waals surface area contributed by atoms with Crippen LogP contribution in [0.3, 0.4) is 0 Å². The summed E-state index contributed by atoms with van der Waals surface area (Å²) in [4.78, 5) is 33.8. The Labute approximate surface area is 184 Å². The lowest BCUT2D eigenvalue weighted by Crippen LogP contribution is -2.21. The van der Waals surface area contributed by atoms with Crippen LogP contribution < -0.4 is 5.56 Å². The van der Waals surface area contributed by atoms with Crippen molar-refractivity contribution in [1.82, 2.24) is 9.55 Å². The number of carbonyl (C=O) groups is 1. The van der Waals surface area contributed by atoms with Crippen LogP contribution in [0.25, 0.3) is 16.6 Å². The van der Waals surface area contributed by atoms with Crippen LogP contribution in [0.2, 0.25) is 0 Å². The SMILES string of the molecule is CCOC(=O)c1ccc(N=Cc2c(O)n(-c3cccc(C)n3)c(=O)c3ccccc23)cc1. The summed E-state index contributed by atoms with van der Waals surface area (Å²) in [6.07, 6.45) is 1.50. The predicted molar refractivity (Wildman–Crippen MR) is 123 cm³/mol. The van der Waals surface area contributed by atoms with Crippen molar-refractivity contribution in [3.8, 4) is 11.7 Å². The van der Waals surface area contributed by atoms with Gasteiger partial charge in [0.1, 0.15) is 5.82 Å². The van der Waals surface area contributed by atoms with E-state index in [1.165, 1.54) is 10.8 Å². The number of esters is 1. The van der Waals surface area contributed by atoms with Crippen molar-refractivity contribution >= 4 is 28.6 Å². The van der Waals surface area contributed by atoms with Crippen molar-refractivity contribution in [3.05, 3.63) is 93.9 Å². The molecule has 0 spiro atoms. The van der Waals surface area contributed by atoms with Crippen LogP contribution in [0.5, 0.6) is 5.88 Å². The fourth-order valence-corrected chi connectivity index (χ4v) is 3.39. The molecule has 0 radical (unpaired) electrons. The fourth-order valence-electron chi connectivity index (χ4n) is 3.39. The van der Waals surface area contributed by atoms with E-state index >= 15 is 0 Å². The maximum Gasteiger partial charge on any atom is 0.338 e. The first-order chi connectivity index (χ1) is 15.5. The number of aromatic nitrogens is 2. The Kier molecular flexibility index (Phi) is 5.81. The van der Waals surface area contributed by atoms with Gasteiger partial charge in [0.25, 0.3) is 5.56 Å². The summed E-state index contributed by atoms with van der Waals surface area (Å²) in [5.41, 5.74) is 1.75. The largest absolute Gasteiger partial charge is 0.494 e. The first-order valence-corrected chi connectivity index (χ1v) is 10.1. The molecular weight excluding hydrogens is 406 g/mol. The highest BCUT2D eigenvalue weighted by atomic mass is 16.5.